The first-order valence-electron chi connectivity index (χ1n) is 9.69. The van der Waals surface area contributed by atoms with E-state index in [2.05, 4.69) is 5.32 Å². The number of anilines is 1. The van der Waals surface area contributed by atoms with E-state index in [0.29, 0.717) is 44.7 Å². The third-order valence-corrected chi connectivity index (χ3v) is 7.03. The molecule has 0 radical (unpaired) electrons. The first-order valence-corrected chi connectivity index (χ1v) is 11.3. The van der Waals surface area contributed by atoms with Crippen LogP contribution in [0.5, 0.6) is 0 Å². The summed E-state index contributed by atoms with van der Waals surface area (Å²) >= 11 is 0. The minimum absolute atomic E-state index is 0.00238. The van der Waals surface area contributed by atoms with Gasteiger partial charge < -0.3 is 10.2 Å². The molecule has 0 spiro atoms. The summed E-state index contributed by atoms with van der Waals surface area (Å²) in [5.74, 6) is -0.477. The monoisotopic (exact) mass is 419 g/mol. The van der Waals surface area contributed by atoms with Gasteiger partial charge >= 0.3 is 0 Å². The van der Waals surface area contributed by atoms with Crippen LogP contribution in [0.2, 0.25) is 0 Å². The highest BCUT2D eigenvalue weighted by Gasteiger charge is 2.26. The Balaban J connectivity index is 1.44. The number of nitrogens with zero attached hydrogens (tertiary/aromatic N) is 2. The van der Waals surface area contributed by atoms with Gasteiger partial charge in [-0.3, -0.25) is 4.79 Å². The number of rotatable bonds is 7. The Bertz CT molecular complexity index is 940. The molecule has 156 valence electrons. The zero-order valence-electron chi connectivity index (χ0n) is 16.5. The van der Waals surface area contributed by atoms with Crippen LogP contribution in [0.3, 0.4) is 0 Å². The van der Waals surface area contributed by atoms with Crippen molar-refractivity contribution in [2.24, 2.45) is 0 Å². The van der Waals surface area contributed by atoms with Crippen molar-refractivity contribution in [2.75, 3.05) is 43.4 Å². The second-order valence-corrected chi connectivity index (χ2v) is 9.19. The number of hydrogen-bond acceptors (Lipinski definition) is 4. The molecule has 29 heavy (non-hydrogen) atoms. The van der Waals surface area contributed by atoms with E-state index in [9.17, 15) is 17.6 Å². The molecule has 0 saturated carbocycles. The van der Waals surface area contributed by atoms with E-state index < -0.39 is 10.0 Å². The number of nitrogens with one attached hydrogen (secondary N) is 1. The molecule has 8 heteroatoms. The number of sulfonamides is 1. The molecule has 1 aliphatic rings. The van der Waals surface area contributed by atoms with E-state index in [0.717, 1.165) is 11.3 Å². The molecule has 2 aromatic rings. The van der Waals surface area contributed by atoms with Crippen LogP contribution in [0.25, 0.3) is 0 Å². The second-order valence-electron chi connectivity index (χ2n) is 7.10. The van der Waals surface area contributed by atoms with Crippen LogP contribution in [-0.4, -0.2) is 57.1 Å². The average molecular weight is 420 g/mol. The van der Waals surface area contributed by atoms with Crippen molar-refractivity contribution in [3.63, 3.8) is 0 Å². The van der Waals surface area contributed by atoms with Gasteiger partial charge in [-0.2, -0.15) is 4.31 Å². The van der Waals surface area contributed by atoms with Crippen LogP contribution in [0.1, 0.15) is 22.3 Å². The summed E-state index contributed by atoms with van der Waals surface area (Å²) in [6, 6.07) is 13.5. The molecule has 1 amide bonds. The van der Waals surface area contributed by atoms with Gasteiger partial charge in [0.1, 0.15) is 5.82 Å². The number of amides is 1. The molecule has 1 N–H and O–H groups in total. The summed E-state index contributed by atoms with van der Waals surface area (Å²) in [4.78, 5) is 14.2. The van der Waals surface area contributed by atoms with E-state index in [1.54, 1.807) is 24.3 Å². The SMILES string of the molecule is Cc1ccccc1C(=O)NCCCS(=O)(=O)N1CCN(c2ccc(F)cc2)CC1. The summed E-state index contributed by atoms with van der Waals surface area (Å²) in [5, 5.41) is 2.79. The number of halogens is 1. The first-order chi connectivity index (χ1) is 13.9. The van der Waals surface area contributed by atoms with Crippen LogP contribution >= 0.6 is 0 Å². The molecule has 1 heterocycles. The van der Waals surface area contributed by atoms with Crippen molar-refractivity contribution < 1.29 is 17.6 Å². The number of benzene rings is 2. The highest BCUT2D eigenvalue weighted by atomic mass is 32.2. The van der Waals surface area contributed by atoms with Crippen LogP contribution in [0.4, 0.5) is 10.1 Å². The minimum atomic E-state index is -3.37. The predicted octanol–water partition coefficient (Wildman–Crippen LogP) is 2.41. The van der Waals surface area contributed by atoms with E-state index in [-0.39, 0.29) is 17.5 Å². The van der Waals surface area contributed by atoms with E-state index in [1.165, 1.54) is 16.4 Å². The predicted molar refractivity (Wildman–Crippen MR) is 112 cm³/mol. The topological polar surface area (TPSA) is 69.7 Å². The fourth-order valence-electron chi connectivity index (χ4n) is 3.38. The van der Waals surface area contributed by atoms with E-state index in [4.69, 9.17) is 0 Å². The lowest BCUT2D eigenvalue weighted by atomic mass is 10.1. The maximum atomic E-state index is 13.1. The van der Waals surface area contributed by atoms with Gasteiger partial charge in [0, 0.05) is 44.0 Å². The lowest BCUT2D eigenvalue weighted by Crippen LogP contribution is -2.49. The number of carbonyl (C=O) groups is 1. The van der Waals surface area contributed by atoms with Crippen LogP contribution < -0.4 is 10.2 Å². The average Bonchev–Trinajstić information content (AvgIpc) is 2.72. The molecule has 0 unspecified atom stereocenters. The van der Waals surface area contributed by atoms with E-state index >= 15 is 0 Å². The molecule has 0 bridgehead atoms. The lowest BCUT2D eigenvalue weighted by molar-refractivity contribution is 0.0953. The normalized spacial score (nSPS) is 15.3. The Labute approximate surface area is 171 Å². The molecule has 6 nitrogen and oxygen atoms in total. The van der Waals surface area contributed by atoms with Crippen molar-refractivity contribution in [3.05, 3.63) is 65.5 Å². The molecular formula is C21H26FN3O3S. The van der Waals surface area contributed by atoms with Crippen molar-refractivity contribution in [3.8, 4) is 0 Å². The zero-order chi connectivity index (χ0) is 20.9. The van der Waals surface area contributed by atoms with Crippen LogP contribution in [0, 0.1) is 12.7 Å². The van der Waals surface area contributed by atoms with Gasteiger partial charge in [0.05, 0.1) is 5.75 Å². The largest absolute Gasteiger partial charge is 0.369 e. The number of hydrogen-bond donors (Lipinski definition) is 1. The van der Waals surface area contributed by atoms with Gasteiger partial charge in [-0.1, -0.05) is 18.2 Å². The zero-order valence-corrected chi connectivity index (χ0v) is 17.3. The van der Waals surface area contributed by atoms with E-state index in [1.807, 2.05) is 24.0 Å². The van der Waals surface area contributed by atoms with Crippen molar-refractivity contribution in [1.82, 2.24) is 9.62 Å². The molecular weight excluding hydrogens is 393 g/mol. The highest BCUT2D eigenvalue weighted by Crippen LogP contribution is 2.18. The first kappa shape index (κ1) is 21.3. The summed E-state index contributed by atoms with van der Waals surface area (Å²) in [7, 11) is -3.37. The highest BCUT2D eigenvalue weighted by molar-refractivity contribution is 7.89. The minimum Gasteiger partial charge on any atom is -0.369 e. The number of piperazine rings is 1. The maximum Gasteiger partial charge on any atom is 0.251 e. The molecule has 1 fully saturated rings. The van der Waals surface area contributed by atoms with Gasteiger partial charge in [-0.15, -0.1) is 0 Å². The van der Waals surface area contributed by atoms with Gasteiger partial charge in [0.15, 0.2) is 0 Å². The smallest absolute Gasteiger partial charge is 0.251 e. The summed E-state index contributed by atoms with van der Waals surface area (Å²) in [6.07, 6.45) is 0.359. The van der Waals surface area contributed by atoms with Gasteiger partial charge in [-0.25, -0.2) is 12.8 Å². The molecule has 3 rings (SSSR count). The Kier molecular flexibility index (Phi) is 6.87. The fourth-order valence-corrected chi connectivity index (χ4v) is 4.87. The van der Waals surface area contributed by atoms with Gasteiger partial charge in [0.2, 0.25) is 10.0 Å². The summed E-state index contributed by atoms with van der Waals surface area (Å²) in [5.41, 5.74) is 2.38. The van der Waals surface area contributed by atoms with Crippen LogP contribution in [0.15, 0.2) is 48.5 Å². The van der Waals surface area contributed by atoms with Gasteiger partial charge in [-0.05, 0) is 49.2 Å². The fraction of sp³-hybridized carbons (Fsp3) is 0.381. The van der Waals surface area contributed by atoms with Crippen LogP contribution in [-0.2, 0) is 10.0 Å². The van der Waals surface area contributed by atoms with Crippen molar-refractivity contribution in [2.45, 2.75) is 13.3 Å². The number of carbonyl (C=O) groups excluding carboxylic acids is 1. The van der Waals surface area contributed by atoms with Gasteiger partial charge in [0.25, 0.3) is 5.91 Å². The number of aryl methyl sites for hydroxylation is 1. The molecule has 1 aliphatic heterocycles. The quantitative estimate of drug-likeness (QED) is 0.700. The molecule has 0 aromatic heterocycles. The third-order valence-electron chi connectivity index (χ3n) is 5.08. The molecule has 2 aromatic carbocycles. The summed E-state index contributed by atoms with van der Waals surface area (Å²) in [6.45, 7) is 4.10. The second kappa shape index (κ2) is 9.37. The Morgan fingerprint density at radius 2 is 1.69 bits per heavy atom. The Morgan fingerprint density at radius 3 is 2.34 bits per heavy atom. The van der Waals surface area contributed by atoms with Crippen molar-refractivity contribution in [1.29, 1.82) is 0 Å². The maximum absolute atomic E-state index is 13.1. The molecule has 0 aliphatic carbocycles. The third kappa shape index (κ3) is 5.55. The molecule has 1 saturated heterocycles. The lowest BCUT2D eigenvalue weighted by Gasteiger charge is -2.35. The molecule has 0 atom stereocenters. The van der Waals surface area contributed by atoms with Crippen molar-refractivity contribution >= 4 is 21.6 Å². The Morgan fingerprint density at radius 1 is 1.03 bits per heavy atom. The Hall–Kier alpha value is -2.45. The standard InChI is InChI=1S/C21H26FN3O3S/c1-17-5-2-3-6-20(17)21(26)23-11-4-16-29(27,28)25-14-12-24(13-15-25)19-9-7-18(22)8-10-19/h2-3,5-10H,4,11-16H2,1H3,(H,23,26). The summed E-state index contributed by atoms with van der Waals surface area (Å²) < 4.78 is 39.7.